The van der Waals surface area contributed by atoms with Gasteiger partial charge < -0.3 is 9.64 Å². The van der Waals surface area contributed by atoms with Gasteiger partial charge in [0, 0.05) is 32.2 Å². The molecule has 0 bridgehead atoms. The second kappa shape index (κ2) is 5.94. The van der Waals surface area contributed by atoms with Crippen LogP contribution in [0.1, 0.15) is 32.6 Å². The van der Waals surface area contributed by atoms with Crippen LogP contribution in [0, 0.1) is 22.7 Å². The van der Waals surface area contributed by atoms with Crippen molar-refractivity contribution in [1.82, 2.24) is 9.80 Å². The summed E-state index contributed by atoms with van der Waals surface area (Å²) in [7, 11) is 0. The Morgan fingerprint density at radius 1 is 1.24 bits per heavy atom. The molecule has 1 aliphatic carbocycles. The van der Waals surface area contributed by atoms with Gasteiger partial charge in [-0.05, 0) is 18.8 Å². The van der Waals surface area contributed by atoms with Gasteiger partial charge in [0.05, 0.1) is 19.3 Å². The van der Waals surface area contributed by atoms with Crippen LogP contribution in [0.2, 0.25) is 0 Å². The lowest BCUT2D eigenvalue weighted by molar-refractivity contribution is -0.138. The van der Waals surface area contributed by atoms with Gasteiger partial charge in [-0.15, -0.1) is 0 Å². The molecule has 0 aromatic heterocycles. The normalized spacial score (nSPS) is 33.0. The lowest BCUT2D eigenvalue weighted by Gasteiger charge is -2.34. The third-order valence-corrected chi connectivity index (χ3v) is 5.46. The number of likely N-dealkylation sites (tertiary alicyclic amines) is 1. The zero-order chi connectivity index (χ0) is 14.9. The summed E-state index contributed by atoms with van der Waals surface area (Å²) in [6.07, 6.45) is 3.51. The maximum atomic E-state index is 12.8. The van der Waals surface area contributed by atoms with E-state index >= 15 is 0 Å². The lowest BCUT2D eigenvalue weighted by atomic mass is 9.86. The summed E-state index contributed by atoms with van der Waals surface area (Å²) >= 11 is 0. The number of carbonyl (C=O) groups is 1. The van der Waals surface area contributed by atoms with E-state index in [1.54, 1.807) is 0 Å². The average molecular weight is 291 g/mol. The van der Waals surface area contributed by atoms with Crippen molar-refractivity contribution in [2.75, 3.05) is 39.4 Å². The molecule has 2 atom stereocenters. The third-order valence-electron chi connectivity index (χ3n) is 5.46. The number of ether oxygens (including phenoxy) is 1. The van der Waals surface area contributed by atoms with E-state index in [1.165, 1.54) is 0 Å². The monoisotopic (exact) mass is 291 g/mol. The van der Waals surface area contributed by atoms with E-state index < -0.39 is 5.41 Å². The first-order valence-corrected chi connectivity index (χ1v) is 8.19. The van der Waals surface area contributed by atoms with E-state index in [-0.39, 0.29) is 5.91 Å². The molecule has 3 aliphatic rings. The molecule has 0 spiro atoms. The molecule has 3 rings (SSSR count). The van der Waals surface area contributed by atoms with Gasteiger partial charge in [0.2, 0.25) is 5.91 Å². The van der Waals surface area contributed by atoms with Gasteiger partial charge in [-0.3, -0.25) is 9.69 Å². The van der Waals surface area contributed by atoms with Crippen molar-refractivity contribution in [2.24, 2.45) is 11.3 Å². The Morgan fingerprint density at radius 2 is 1.90 bits per heavy atom. The van der Waals surface area contributed by atoms with Crippen molar-refractivity contribution < 1.29 is 9.53 Å². The van der Waals surface area contributed by atoms with Crippen LogP contribution in [0.3, 0.4) is 0 Å². The highest BCUT2D eigenvalue weighted by atomic mass is 16.5. The fourth-order valence-electron chi connectivity index (χ4n) is 4.15. The molecule has 21 heavy (non-hydrogen) atoms. The zero-order valence-corrected chi connectivity index (χ0v) is 12.9. The number of hydrogen-bond acceptors (Lipinski definition) is 4. The fourth-order valence-corrected chi connectivity index (χ4v) is 4.15. The summed E-state index contributed by atoms with van der Waals surface area (Å²) < 4.78 is 5.42. The van der Waals surface area contributed by atoms with E-state index in [9.17, 15) is 10.1 Å². The van der Waals surface area contributed by atoms with Crippen LogP contribution in [0.5, 0.6) is 0 Å². The number of hydrogen-bond donors (Lipinski definition) is 0. The molecule has 5 heteroatoms. The lowest BCUT2D eigenvalue weighted by Crippen LogP contribution is -2.48. The summed E-state index contributed by atoms with van der Waals surface area (Å²) in [5.74, 6) is 0.564. The Hall–Kier alpha value is -1.12. The summed E-state index contributed by atoms with van der Waals surface area (Å²) in [6, 6.07) is 2.76. The molecule has 0 unspecified atom stereocenters. The smallest absolute Gasteiger partial charge is 0.243 e. The molecule has 1 saturated carbocycles. The first-order valence-electron chi connectivity index (χ1n) is 8.19. The Balaban J connectivity index is 1.67. The van der Waals surface area contributed by atoms with E-state index in [2.05, 4.69) is 17.9 Å². The Labute approximate surface area is 126 Å². The molecule has 1 amide bonds. The molecular formula is C16H25N3O2. The number of morpholine rings is 1. The number of amides is 1. The minimum atomic E-state index is -0.723. The molecule has 5 nitrogen and oxygen atoms in total. The van der Waals surface area contributed by atoms with Crippen molar-refractivity contribution >= 4 is 5.91 Å². The van der Waals surface area contributed by atoms with Crippen LogP contribution in [0.4, 0.5) is 0 Å². The highest BCUT2D eigenvalue weighted by molar-refractivity contribution is 5.86. The van der Waals surface area contributed by atoms with Crippen LogP contribution in [0.25, 0.3) is 0 Å². The fraction of sp³-hybridized carbons (Fsp3) is 0.875. The van der Waals surface area contributed by atoms with Gasteiger partial charge in [0.25, 0.3) is 0 Å². The Bertz CT molecular complexity index is 433. The molecule has 116 valence electrons. The van der Waals surface area contributed by atoms with Crippen molar-refractivity contribution in [3.63, 3.8) is 0 Å². The second-order valence-corrected chi connectivity index (χ2v) is 6.80. The van der Waals surface area contributed by atoms with Gasteiger partial charge in [-0.2, -0.15) is 5.26 Å². The minimum absolute atomic E-state index is 0.0881. The molecular weight excluding hydrogens is 266 g/mol. The number of rotatable bonds is 2. The van der Waals surface area contributed by atoms with Gasteiger partial charge in [-0.25, -0.2) is 0 Å². The molecule has 3 fully saturated rings. The van der Waals surface area contributed by atoms with Crippen LogP contribution in [0.15, 0.2) is 0 Å². The van der Waals surface area contributed by atoms with E-state index in [1.807, 2.05) is 4.90 Å². The molecule has 2 heterocycles. The molecule has 0 radical (unpaired) electrons. The summed E-state index contributed by atoms with van der Waals surface area (Å²) in [4.78, 5) is 17.2. The molecule has 0 aromatic rings. The van der Waals surface area contributed by atoms with Crippen LogP contribution >= 0.6 is 0 Å². The maximum Gasteiger partial charge on any atom is 0.243 e. The second-order valence-electron chi connectivity index (χ2n) is 6.80. The first kappa shape index (κ1) is 14.8. The predicted molar refractivity (Wildman–Crippen MR) is 78.4 cm³/mol. The molecule has 2 saturated heterocycles. The van der Waals surface area contributed by atoms with Crippen molar-refractivity contribution in [1.29, 1.82) is 5.26 Å². The van der Waals surface area contributed by atoms with E-state index in [4.69, 9.17) is 4.74 Å². The first-order chi connectivity index (χ1) is 10.2. The van der Waals surface area contributed by atoms with Crippen molar-refractivity contribution in [3.05, 3.63) is 0 Å². The van der Waals surface area contributed by atoms with Crippen LogP contribution in [-0.2, 0) is 9.53 Å². The van der Waals surface area contributed by atoms with Gasteiger partial charge in [0.15, 0.2) is 0 Å². The Kier molecular flexibility index (Phi) is 4.19. The van der Waals surface area contributed by atoms with Crippen molar-refractivity contribution in [3.8, 4) is 6.07 Å². The van der Waals surface area contributed by atoms with Crippen LogP contribution < -0.4 is 0 Å². The average Bonchev–Trinajstić information content (AvgIpc) is 3.15. The predicted octanol–water partition coefficient (Wildman–Crippen LogP) is 1.25. The summed E-state index contributed by atoms with van der Waals surface area (Å²) in [5.41, 5.74) is -0.723. The number of carbonyl (C=O) groups excluding carboxylic acids is 1. The SMILES string of the molecule is C[C@H]1CN(C(=O)C2(C#N)CCCC2)C[C@H]1N1CCOCC1. The largest absolute Gasteiger partial charge is 0.379 e. The van der Waals surface area contributed by atoms with Gasteiger partial charge in [0.1, 0.15) is 5.41 Å². The minimum Gasteiger partial charge on any atom is -0.379 e. The molecule has 0 aromatic carbocycles. The third kappa shape index (κ3) is 2.67. The highest BCUT2D eigenvalue weighted by Gasteiger charge is 2.47. The van der Waals surface area contributed by atoms with Crippen molar-refractivity contribution in [2.45, 2.75) is 38.6 Å². The number of nitrogens with zero attached hydrogens (tertiary/aromatic N) is 3. The van der Waals surface area contributed by atoms with Gasteiger partial charge >= 0.3 is 0 Å². The van der Waals surface area contributed by atoms with Gasteiger partial charge in [-0.1, -0.05) is 19.8 Å². The number of nitriles is 1. The highest BCUT2D eigenvalue weighted by Crippen LogP contribution is 2.40. The quantitative estimate of drug-likeness (QED) is 0.768. The Morgan fingerprint density at radius 3 is 2.52 bits per heavy atom. The summed E-state index contributed by atoms with van der Waals surface area (Å²) in [5, 5.41) is 9.50. The zero-order valence-electron chi connectivity index (χ0n) is 12.9. The van der Waals surface area contributed by atoms with Crippen LogP contribution in [-0.4, -0.2) is 61.1 Å². The topological polar surface area (TPSA) is 56.6 Å². The van der Waals surface area contributed by atoms with E-state index in [0.717, 1.165) is 65.1 Å². The maximum absolute atomic E-state index is 12.8. The molecule has 2 aliphatic heterocycles. The standard InChI is InChI=1S/C16H25N3O2/c1-13-10-19(11-14(13)18-6-8-21-9-7-18)15(20)16(12-17)4-2-3-5-16/h13-14H,2-11H2,1H3/t13-,14+/m0/s1. The van der Waals surface area contributed by atoms with E-state index in [0.29, 0.717) is 12.0 Å². The molecule has 0 N–H and O–H groups in total. The summed E-state index contributed by atoms with van der Waals surface area (Å²) in [6.45, 7) is 7.30.